The molecule has 78 valence electrons. The minimum atomic E-state index is 0.942. The average molecular weight is 201 g/mol. The number of benzene rings is 1. The van der Waals surface area contributed by atoms with Crippen molar-refractivity contribution in [2.45, 2.75) is 6.92 Å². The molecule has 0 atom stereocenters. The molecule has 2 aromatic rings. The Labute approximate surface area is 89.4 Å². The molecule has 1 N–H and O–H groups in total. The summed E-state index contributed by atoms with van der Waals surface area (Å²) in [6.07, 6.45) is 0. The zero-order valence-electron chi connectivity index (χ0n) is 9.33. The van der Waals surface area contributed by atoms with Crippen LogP contribution in [0, 0.1) is 6.92 Å². The Balaban J connectivity index is 2.51. The number of imidazole rings is 1. The van der Waals surface area contributed by atoms with Gasteiger partial charge in [-0.15, -0.1) is 0 Å². The maximum atomic E-state index is 4.36. The second kappa shape index (κ2) is 3.42. The van der Waals surface area contributed by atoms with E-state index in [1.54, 1.807) is 0 Å². The fraction of sp³-hybridized carbons (Fsp3) is 0.250. The van der Waals surface area contributed by atoms with E-state index in [1.807, 2.05) is 38.1 Å². The third-order valence-electron chi connectivity index (χ3n) is 2.47. The molecule has 3 nitrogen and oxygen atoms in total. The highest BCUT2D eigenvalue weighted by Gasteiger charge is 2.04. The number of H-pyrrole nitrogens is 1. The first-order valence-electron chi connectivity index (χ1n) is 4.91. The lowest BCUT2D eigenvalue weighted by Crippen LogP contribution is -2.08. The molecule has 0 saturated carbocycles. The maximum absolute atomic E-state index is 4.36. The van der Waals surface area contributed by atoms with E-state index in [4.69, 9.17) is 0 Å². The Bertz CT molecular complexity index is 509. The third kappa shape index (κ3) is 1.73. The van der Waals surface area contributed by atoms with Gasteiger partial charge in [-0.1, -0.05) is 12.6 Å². The molecule has 2 rings (SSSR count). The molecule has 1 aromatic heterocycles. The molecular formula is C12H15N3. The highest BCUT2D eigenvalue weighted by Crippen LogP contribution is 2.19. The predicted molar refractivity (Wildman–Crippen MR) is 63.6 cm³/mol. The van der Waals surface area contributed by atoms with Crippen molar-refractivity contribution in [2.75, 3.05) is 14.1 Å². The van der Waals surface area contributed by atoms with Crippen molar-refractivity contribution in [2.24, 2.45) is 0 Å². The van der Waals surface area contributed by atoms with Crippen molar-refractivity contribution in [1.82, 2.24) is 14.9 Å². The molecule has 0 saturated heterocycles. The van der Waals surface area contributed by atoms with E-state index in [9.17, 15) is 0 Å². The molecule has 0 aliphatic heterocycles. The summed E-state index contributed by atoms with van der Waals surface area (Å²) in [6.45, 7) is 5.99. The first-order chi connectivity index (χ1) is 7.08. The number of rotatable bonds is 2. The molecule has 0 fully saturated rings. The van der Waals surface area contributed by atoms with E-state index >= 15 is 0 Å². The number of aryl methyl sites for hydroxylation is 1. The Morgan fingerprint density at radius 3 is 2.80 bits per heavy atom. The van der Waals surface area contributed by atoms with Gasteiger partial charge >= 0.3 is 0 Å². The monoisotopic (exact) mass is 201 g/mol. The van der Waals surface area contributed by atoms with Gasteiger partial charge in [-0.2, -0.15) is 0 Å². The van der Waals surface area contributed by atoms with Crippen LogP contribution in [0.25, 0.3) is 16.7 Å². The number of fused-ring (bicyclic) bond motifs is 1. The Morgan fingerprint density at radius 1 is 1.40 bits per heavy atom. The predicted octanol–water partition coefficient (Wildman–Crippen LogP) is 2.40. The zero-order chi connectivity index (χ0) is 11.0. The van der Waals surface area contributed by atoms with Gasteiger partial charge in [-0.3, -0.25) is 0 Å². The van der Waals surface area contributed by atoms with Crippen LogP contribution < -0.4 is 0 Å². The van der Waals surface area contributed by atoms with Crippen LogP contribution in [-0.2, 0) is 0 Å². The maximum Gasteiger partial charge on any atom is 0.104 e. The molecule has 15 heavy (non-hydrogen) atoms. The number of nitrogens with one attached hydrogen (secondary N) is 1. The fourth-order valence-corrected chi connectivity index (χ4v) is 1.57. The fourth-order valence-electron chi connectivity index (χ4n) is 1.57. The SMILES string of the molecule is C=C(c1ccc2nc(C)[nH]c2c1)N(C)C. The summed E-state index contributed by atoms with van der Waals surface area (Å²) in [5.74, 6) is 0.942. The Kier molecular flexibility index (Phi) is 2.23. The van der Waals surface area contributed by atoms with Crippen molar-refractivity contribution in [3.8, 4) is 0 Å². The average Bonchev–Trinajstić information content (AvgIpc) is 2.55. The van der Waals surface area contributed by atoms with E-state index in [0.717, 1.165) is 28.1 Å². The Morgan fingerprint density at radius 2 is 2.13 bits per heavy atom. The summed E-state index contributed by atoms with van der Waals surface area (Å²) in [4.78, 5) is 9.59. The highest BCUT2D eigenvalue weighted by atomic mass is 15.1. The minimum absolute atomic E-state index is 0.942. The standard InChI is InChI=1S/C12H15N3/c1-8(15(3)4)10-5-6-11-12(7-10)14-9(2)13-11/h5-7H,1H2,2-4H3,(H,13,14). The molecular weight excluding hydrogens is 186 g/mol. The number of nitrogens with zero attached hydrogens (tertiary/aromatic N) is 2. The van der Waals surface area contributed by atoms with E-state index in [0.29, 0.717) is 0 Å². The number of aromatic amines is 1. The van der Waals surface area contributed by atoms with Gasteiger partial charge in [0.1, 0.15) is 5.82 Å². The first kappa shape index (κ1) is 9.77. The van der Waals surface area contributed by atoms with Gasteiger partial charge in [0.25, 0.3) is 0 Å². The smallest absolute Gasteiger partial charge is 0.104 e. The summed E-state index contributed by atoms with van der Waals surface area (Å²) in [6, 6.07) is 6.14. The molecule has 0 amide bonds. The quantitative estimate of drug-likeness (QED) is 0.809. The summed E-state index contributed by atoms with van der Waals surface area (Å²) < 4.78 is 0. The highest BCUT2D eigenvalue weighted by molar-refractivity contribution is 5.80. The Hall–Kier alpha value is -1.77. The molecule has 3 heteroatoms. The van der Waals surface area contributed by atoms with Gasteiger partial charge in [0, 0.05) is 19.8 Å². The topological polar surface area (TPSA) is 31.9 Å². The third-order valence-corrected chi connectivity index (χ3v) is 2.47. The summed E-state index contributed by atoms with van der Waals surface area (Å²) in [7, 11) is 3.98. The first-order valence-corrected chi connectivity index (χ1v) is 4.91. The molecule has 0 bridgehead atoms. The van der Waals surface area contributed by atoms with Crippen LogP contribution in [0.5, 0.6) is 0 Å². The van der Waals surface area contributed by atoms with Gasteiger partial charge in [0.15, 0.2) is 0 Å². The van der Waals surface area contributed by atoms with Gasteiger partial charge in [-0.25, -0.2) is 4.98 Å². The van der Waals surface area contributed by atoms with E-state index in [1.165, 1.54) is 0 Å². The molecule has 0 aliphatic carbocycles. The molecule has 1 aromatic carbocycles. The van der Waals surface area contributed by atoms with Crippen LogP contribution in [0.4, 0.5) is 0 Å². The largest absolute Gasteiger partial charge is 0.378 e. The van der Waals surface area contributed by atoms with Crippen LogP contribution in [0.15, 0.2) is 24.8 Å². The van der Waals surface area contributed by atoms with Crippen molar-refractivity contribution < 1.29 is 0 Å². The normalized spacial score (nSPS) is 10.6. The lowest BCUT2D eigenvalue weighted by atomic mass is 10.1. The van der Waals surface area contributed by atoms with Crippen LogP contribution in [-0.4, -0.2) is 29.0 Å². The minimum Gasteiger partial charge on any atom is -0.378 e. The van der Waals surface area contributed by atoms with Crippen LogP contribution >= 0.6 is 0 Å². The van der Waals surface area contributed by atoms with Crippen molar-refractivity contribution >= 4 is 16.7 Å². The van der Waals surface area contributed by atoms with Crippen LogP contribution in [0.1, 0.15) is 11.4 Å². The van der Waals surface area contributed by atoms with Crippen LogP contribution in [0.3, 0.4) is 0 Å². The molecule has 1 heterocycles. The van der Waals surface area contributed by atoms with Gasteiger partial charge in [-0.05, 0) is 24.6 Å². The van der Waals surface area contributed by atoms with Crippen molar-refractivity contribution in [3.63, 3.8) is 0 Å². The van der Waals surface area contributed by atoms with Gasteiger partial charge in [0.2, 0.25) is 0 Å². The number of hydrogen-bond donors (Lipinski definition) is 1. The second-order valence-electron chi connectivity index (χ2n) is 3.90. The van der Waals surface area contributed by atoms with E-state index in [2.05, 4.69) is 22.6 Å². The van der Waals surface area contributed by atoms with Crippen molar-refractivity contribution in [3.05, 3.63) is 36.2 Å². The number of aromatic nitrogens is 2. The lowest BCUT2D eigenvalue weighted by Gasteiger charge is -2.15. The van der Waals surface area contributed by atoms with Gasteiger partial charge in [0.05, 0.1) is 11.0 Å². The van der Waals surface area contributed by atoms with E-state index < -0.39 is 0 Å². The summed E-state index contributed by atoms with van der Waals surface area (Å²) in [5, 5.41) is 0. The second-order valence-corrected chi connectivity index (χ2v) is 3.90. The summed E-state index contributed by atoms with van der Waals surface area (Å²) >= 11 is 0. The van der Waals surface area contributed by atoms with Crippen LogP contribution in [0.2, 0.25) is 0 Å². The molecule has 0 unspecified atom stereocenters. The van der Waals surface area contributed by atoms with Crippen molar-refractivity contribution in [1.29, 1.82) is 0 Å². The molecule has 0 spiro atoms. The molecule has 0 radical (unpaired) electrons. The zero-order valence-corrected chi connectivity index (χ0v) is 9.33. The van der Waals surface area contributed by atoms with E-state index in [-0.39, 0.29) is 0 Å². The number of hydrogen-bond acceptors (Lipinski definition) is 2. The summed E-state index contributed by atoms with van der Waals surface area (Å²) in [5.41, 5.74) is 4.19. The molecule has 0 aliphatic rings. The lowest BCUT2D eigenvalue weighted by molar-refractivity contribution is 0.594. The van der Waals surface area contributed by atoms with Gasteiger partial charge < -0.3 is 9.88 Å².